The second kappa shape index (κ2) is 12.4. The maximum atomic E-state index is 6.33. The summed E-state index contributed by atoms with van der Waals surface area (Å²) in [5.74, 6) is 0.462. The summed E-state index contributed by atoms with van der Waals surface area (Å²) < 4.78 is 6.33. The van der Waals surface area contributed by atoms with Gasteiger partial charge in [0.05, 0.1) is 5.58 Å². The molecule has 0 saturated heterocycles. The normalized spacial score (nSPS) is 11.3. The van der Waals surface area contributed by atoms with Crippen LogP contribution in [-0.2, 0) is 20.1 Å². The third-order valence-electron chi connectivity index (χ3n) is 6.86. The first-order valence-corrected chi connectivity index (χ1v) is 16.9. The molecule has 0 spiro atoms. The molecule has 0 saturated carbocycles. The van der Waals surface area contributed by atoms with Crippen LogP contribution in [0.2, 0.25) is 19.6 Å². The number of aryl methyl sites for hydroxylation is 1. The van der Waals surface area contributed by atoms with E-state index < -0.39 is 8.07 Å². The second-order valence-corrected chi connectivity index (χ2v) is 16.3. The van der Waals surface area contributed by atoms with Crippen LogP contribution in [0.15, 0.2) is 95.7 Å². The van der Waals surface area contributed by atoms with Gasteiger partial charge in [-0.05, 0) is 41.9 Å². The molecule has 205 valence electrons. The molecule has 3 nitrogen and oxygen atoms in total. The molecular weight excluding hydrogens is 685 g/mol. The molecule has 0 aliphatic carbocycles. The Morgan fingerprint density at radius 1 is 0.850 bits per heavy atom. The van der Waals surface area contributed by atoms with E-state index in [4.69, 9.17) is 4.42 Å². The van der Waals surface area contributed by atoms with Crippen LogP contribution in [0.1, 0.15) is 30.9 Å². The van der Waals surface area contributed by atoms with E-state index in [0.717, 1.165) is 33.7 Å². The molecular formula is C35H34IrN2OSi-2. The van der Waals surface area contributed by atoms with E-state index in [1.165, 1.54) is 27.1 Å². The number of rotatable bonds is 4. The number of benzene rings is 3. The average molecular weight is 719 g/mol. The fourth-order valence-electron chi connectivity index (χ4n) is 4.68. The van der Waals surface area contributed by atoms with Crippen molar-refractivity contribution in [3.8, 4) is 22.5 Å². The van der Waals surface area contributed by atoms with Crippen LogP contribution >= 0.6 is 0 Å². The van der Waals surface area contributed by atoms with Crippen molar-refractivity contribution in [2.45, 2.75) is 46.3 Å². The van der Waals surface area contributed by atoms with Gasteiger partial charge in [0, 0.05) is 46.0 Å². The fourth-order valence-corrected chi connectivity index (χ4v) is 6.18. The van der Waals surface area contributed by atoms with Gasteiger partial charge in [0.15, 0.2) is 0 Å². The molecule has 40 heavy (non-hydrogen) atoms. The number of para-hydroxylation sites is 1. The van der Waals surface area contributed by atoms with Crippen molar-refractivity contribution in [3.05, 3.63) is 115 Å². The largest absolute Gasteiger partial charge is 0.501 e. The summed E-state index contributed by atoms with van der Waals surface area (Å²) in [5.41, 5.74) is 8.22. The van der Waals surface area contributed by atoms with Gasteiger partial charge in [0.1, 0.15) is 5.58 Å². The Labute approximate surface area is 252 Å². The predicted octanol–water partition coefficient (Wildman–Crippen LogP) is 8.97. The van der Waals surface area contributed by atoms with Gasteiger partial charge in [-0.3, -0.25) is 0 Å². The third kappa shape index (κ3) is 6.33. The monoisotopic (exact) mass is 719 g/mol. The van der Waals surface area contributed by atoms with Crippen LogP contribution in [0.3, 0.4) is 0 Å². The van der Waals surface area contributed by atoms with E-state index in [1.54, 1.807) is 0 Å². The molecule has 0 atom stereocenters. The summed E-state index contributed by atoms with van der Waals surface area (Å²) in [7, 11) is -1.54. The van der Waals surface area contributed by atoms with Crippen molar-refractivity contribution in [2.24, 2.45) is 0 Å². The zero-order valence-electron chi connectivity index (χ0n) is 23.9. The number of hydrogen-bond donors (Lipinski definition) is 0. The minimum absolute atomic E-state index is 0. The standard InChI is InChI=1S/C23H24NOSi.C12H10N.Ir/c1-15(2)16-12-13-24-19(14-16)17-10-11-21(26(3,4)5)22-18-8-6-7-9-20(18)25-23(17)22;1-10-7-8-12(13-9-10)11-5-3-2-4-6-11;/h6-9,11-15H,1-5H3;2-5,7-9H,1H3;/q2*-1;. The molecule has 0 unspecified atom stereocenters. The molecule has 3 aromatic heterocycles. The number of pyridine rings is 2. The van der Waals surface area contributed by atoms with Gasteiger partial charge in [-0.15, -0.1) is 53.2 Å². The summed E-state index contributed by atoms with van der Waals surface area (Å²) in [6.45, 7) is 13.5. The summed E-state index contributed by atoms with van der Waals surface area (Å²) in [6, 6.07) is 33.3. The van der Waals surface area contributed by atoms with Gasteiger partial charge < -0.3 is 14.4 Å². The molecule has 0 amide bonds. The van der Waals surface area contributed by atoms with E-state index in [-0.39, 0.29) is 20.1 Å². The number of hydrogen-bond acceptors (Lipinski definition) is 3. The van der Waals surface area contributed by atoms with Crippen molar-refractivity contribution >= 4 is 35.2 Å². The Hall–Kier alpha value is -3.37. The second-order valence-electron chi connectivity index (χ2n) is 11.3. The Morgan fingerprint density at radius 3 is 2.30 bits per heavy atom. The SMILES string of the molecule is CC(C)c1ccnc(-c2[c-]cc([Si](C)(C)C)c3c2oc2ccccc23)c1.Cc1ccc(-c2[c-]cccc2)nc1.[Ir]. The van der Waals surface area contributed by atoms with Gasteiger partial charge in [-0.25, -0.2) is 0 Å². The molecule has 5 heteroatoms. The summed E-state index contributed by atoms with van der Waals surface area (Å²) >= 11 is 0. The molecule has 6 rings (SSSR count). The van der Waals surface area contributed by atoms with Gasteiger partial charge in [-0.2, -0.15) is 0 Å². The number of furan rings is 1. The molecule has 0 N–H and O–H groups in total. The zero-order chi connectivity index (χ0) is 27.6. The number of nitrogens with zero attached hydrogens (tertiary/aromatic N) is 2. The van der Waals surface area contributed by atoms with E-state index in [2.05, 4.69) is 92.0 Å². The smallest absolute Gasteiger partial charge is 0.120 e. The van der Waals surface area contributed by atoms with Crippen LogP contribution in [0.25, 0.3) is 44.5 Å². The first-order valence-electron chi connectivity index (χ1n) is 13.4. The van der Waals surface area contributed by atoms with Crippen LogP contribution in [-0.4, -0.2) is 18.0 Å². The minimum atomic E-state index is -1.54. The average Bonchev–Trinajstić information content (AvgIpc) is 3.33. The van der Waals surface area contributed by atoms with Gasteiger partial charge in [-0.1, -0.05) is 86.4 Å². The van der Waals surface area contributed by atoms with Crippen molar-refractivity contribution in [2.75, 3.05) is 0 Å². The maximum absolute atomic E-state index is 6.33. The Bertz CT molecular complexity index is 1720. The molecule has 0 aliphatic heterocycles. The predicted molar refractivity (Wildman–Crippen MR) is 166 cm³/mol. The van der Waals surface area contributed by atoms with Crippen LogP contribution < -0.4 is 5.19 Å². The number of fused-ring (bicyclic) bond motifs is 3. The van der Waals surface area contributed by atoms with Crippen LogP contribution in [0.5, 0.6) is 0 Å². The topological polar surface area (TPSA) is 38.9 Å². The van der Waals surface area contributed by atoms with E-state index in [0.29, 0.717) is 5.92 Å². The van der Waals surface area contributed by atoms with Crippen molar-refractivity contribution in [1.29, 1.82) is 0 Å². The summed E-state index contributed by atoms with van der Waals surface area (Å²) in [4.78, 5) is 8.94. The molecule has 3 heterocycles. The summed E-state index contributed by atoms with van der Waals surface area (Å²) in [5, 5.41) is 3.82. The van der Waals surface area contributed by atoms with Gasteiger partial charge in [0.25, 0.3) is 0 Å². The first kappa shape index (κ1) is 29.6. The Morgan fingerprint density at radius 2 is 1.62 bits per heavy atom. The Balaban J connectivity index is 0.000000223. The quantitative estimate of drug-likeness (QED) is 0.135. The molecule has 1 radical (unpaired) electrons. The maximum Gasteiger partial charge on any atom is 0.120 e. The van der Waals surface area contributed by atoms with Crippen molar-refractivity contribution < 1.29 is 24.5 Å². The van der Waals surface area contributed by atoms with Gasteiger partial charge >= 0.3 is 0 Å². The van der Waals surface area contributed by atoms with Crippen molar-refractivity contribution in [1.82, 2.24) is 9.97 Å². The summed E-state index contributed by atoms with van der Waals surface area (Å²) in [6.07, 6.45) is 3.76. The van der Waals surface area contributed by atoms with E-state index in [1.807, 2.05) is 61.8 Å². The van der Waals surface area contributed by atoms with E-state index >= 15 is 0 Å². The minimum Gasteiger partial charge on any atom is -0.501 e. The zero-order valence-corrected chi connectivity index (χ0v) is 27.3. The van der Waals surface area contributed by atoms with Crippen LogP contribution in [0, 0.1) is 19.1 Å². The molecule has 0 aliphatic rings. The molecule has 3 aromatic carbocycles. The molecule has 6 aromatic rings. The van der Waals surface area contributed by atoms with Gasteiger partial charge in [0.2, 0.25) is 0 Å². The number of aromatic nitrogens is 2. The molecule has 0 bridgehead atoms. The molecule has 0 fully saturated rings. The third-order valence-corrected chi connectivity index (χ3v) is 8.87. The van der Waals surface area contributed by atoms with E-state index in [9.17, 15) is 0 Å². The Kier molecular flexibility index (Phi) is 9.20. The van der Waals surface area contributed by atoms with Crippen LogP contribution in [0.4, 0.5) is 0 Å². The first-order chi connectivity index (χ1) is 18.7. The van der Waals surface area contributed by atoms with Crippen molar-refractivity contribution in [3.63, 3.8) is 0 Å². The fraction of sp³-hybridized carbons (Fsp3) is 0.200.